The van der Waals surface area contributed by atoms with E-state index < -0.39 is 0 Å². The van der Waals surface area contributed by atoms with Crippen LogP contribution in [0.15, 0.2) is 0 Å². The summed E-state index contributed by atoms with van der Waals surface area (Å²) in [6.45, 7) is 0. The van der Waals surface area contributed by atoms with E-state index in [-0.39, 0.29) is 0 Å². The van der Waals surface area contributed by atoms with Crippen LogP contribution in [0.2, 0.25) is 0 Å². The van der Waals surface area contributed by atoms with Crippen molar-refractivity contribution in [2.24, 2.45) is 11.3 Å². The average molecular weight is 277 g/mol. The van der Waals surface area contributed by atoms with Crippen LogP contribution < -0.4 is 0 Å². The lowest BCUT2D eigenvalue weighted by Gasteiger charge is -2.40. The number of rotatable bonds is 5. The molecule has 0 radical (unpaired) electrons. The molecular weight excluding hydrogens is 256 g/mol. The molecule has 0 amide bonds. The van der Waals surface area contributed by atoms with Gasteiger partial charge in [0.15, 0.2) is 0 Å². The predicted octanol–water partition coefficient (Wildman–Crippen LogP) is 4.48. The van der Waals surface area contributed by atoms with E-state index in [1.807, 2.05) is 0 Å². The Bertz CT molecular complexity index is 166. The van der Waals surface area contributed by atoms with Crippen molar-refractivity contribution in [3.05, 3.63) is 0 Å². The SMILES string of the molecule is BrCC1(CSCC2CCCC2)CCC1. The summed E-state index contributed by atoms with van der Waals surface area (Å²) in [5.41, 5.74) is 0.698. The topological polar surface area (TPSA) is 0 Å². The third kappa shape index (κ3) is 2.69. The van der Waals surface area contributed by atoms with Crippen molar-refractivity contribution >= 4 is 27.7 Å². The number of alkyl halides is 1. The quantitative estimate of drug-likeness (QED) is 0.668. The Morgan fingerprint density at radius 1 is 1.14 bits per heavy atom. The molecule has 0 spiro atoms. The lowest BCUT2D eigenvalue weighted by Crippen LogP contribution is -2.33. The molecule has 0 atom stereocenters. The van der Waals surface area contributed by atoms with Crippen molar-refractivity contribution in [3.63, 3.8) is 0 Å². The number of hydrogen-bond acceptors (Lipinski definition) is 1. The maximum Gasteiger partial charge on any atom is 0.00958 e. The van der Waals surface area contributed by atoms with Crippen LogP contribution in [0.4, 0.5) is 0 Å². The summed E-state index contributed by atoms with van der Waals surface area (Å²) in [5, 5.41) is 1.23. The van der Waals surface area contributed by atoms with Gasteiger partial charge in [0.1, 0.15) is 0 Å². The van der Waals surface area contributed by atoms with Gasteiger partial charge in [-0.05, 0) is 48.5 Å². The molecule has 2 aliphatic rings. The first-order chi connectivity index (χ1) is 6.85. The maximum absolute atomic E-state index is 3.68. The molecule has 0 N–H and O–H groups in total. The first-order valence-corrected chi connectivity index (χ1v) is 8.26. The highest BCUT2D eigenvalue weighted by Crippen LogP contribution is 2.45. The van der Waals surface area contributed by atoms with Gasteiger partial charge in [0.25, 0.3) is 0 Å². The molecule has 2 aliphatic carbocycles. The molecule has 0 aromatic carbocycles. The van der Waals surface area contributed by atoms with Gasteiger partial charge in [-0.3, -0.25) is 0 Å². The Labute approximate surface area is 101 Å². The molecule has 14 heavy (non-hydrogen) atoms. The molecule has 0 unspecified atom stereocenters. The van der Waals surface area contributed by atoms with E-state index in [9.17, 15) is 0 Å². The van der Waals surface area contributed by atoms with Crippen molar-refractivity contribution in [1.82, 2.24) is 0 Å². The first-order valence-electron chi connectivity index (χ1n) is 5.98. The van der Waals surface area contributed by atoms with E-state index in [1.165, 1.54) is 61.8 Å². The smallest absolute Gasteiger partial charge is 0.00958 e. The van der Waals surface area contributed by atoms with Crippen molar-refractivity contribution in [2.45, 2.75) is 44.9 Å². The molecule has 0 aromatic heterocycles. The van der Waals surface area contributed by atoms with E-state index in [0.29, 0.717) is 5.41 Å². The van der Waals surface area contributed by atoms with Crippen molar-refractivity contribution < 1.29 is 0 Å². The van der Waals surface area contributed by atoms with Gasteiger partial charge in [0, 0.05) is 5.33 Å². The Hall–Kier alpha value is 0.830. The summed E-state index contributed by atoms with van der Waals surface area (Å²) in [5.74, 6) is 3.91. The Kier molecular flexibility index (Phi) is 4.24. The highest BCUT2D eigenvalue weighted by Gasteiger charge is 2.35. The zero-order valence-electron chi connectivity index (χ0n) is 8.93. The fraction of sp³-hybridized carbons (Fsp3) is 1.00. The number of halogens is 1. The Balaban J connectivity index is 1.61. The van der Waals surface area contributed by atoms with E-state index in [4.69, 9.17) is 0 Å². The monoisotopic (exact) mass is 276 g/mol. The van der Waals surface area contributed by atoms with Gasteiger partial charge in [-0.25, -0.2) is 0 Å². The predicted molar refractivity (Wildman–Crippen MR) is 69.4 cm³/mol. The van der Waals surface area contributed by atoms with Gasteiger partial charge in [0.2, 0.25) is 0 Å². The number of hydrogen-bond donors (Lipinski definition) is 0. The lowest BCUT2D eigenvalue weighted by molar-refractivity contribution is 0.206. The van der Waals surface area contributed by atoms with Gasteiger partial charge >= 0.3 is 0 Å². The molecular formula is C12H21BrS. The molecule has 2 rings (SSSR count). The minimum absolute atomic E-state index is 0.698. The van der Waals surface area contributed by atoms with Crippen LogP contribution in [0, 0.1) is 11.3 Å². The molecule has 0 aromatic rings. The maximum atomic E-state index is 3.68. The molecule has 0 aliphatic heterocycles. The van der Waals surface area contributed by atoms with E-state index >= 15 is 0 Å². The van der Waals surface area contributed by atoms with Gasteiger partial charge in [0.05, 0.1) is 0 Å². The van der Waals surface area contributed by atoms with Crippen LogP contribution in [0.3, 0.4) is 0 Å². The van der Waals surface area contributed by atoms with Crippen LogP contribution in [0.25, 0.3) is 0 Å². The summed E-state index contributed by atoms with van der Waals surface area (Å²) < 4.78 is 0. The van der Waals surface area contributed by atoms with Crippen LogP contribution in [-0.4, -0.2) is 16.8 Å². The highest BCUT2D eigenvalue weighted by atomic mass is 79.9. The lowest BCUT2D eigenvalue weighted by atomic mass is 9.72. The Morgan fingerprint density at radius 3 is 2.36 bits per heavy atom. The summed E-state index contributed by atoms with van der Waals surface area (Å²) >= 11 is 5.91. The summed E-state index contributed by atoms with van der Waals surface area (Å²) in [6, 6.07) is 0. The van der Waals surface area contributed by atoms with E-state index in [2.05, 4.69) is 27.7 Å². The summed E-state index contributed by atoms with van der Waals surface area (Å²) in [6.07, 6.45) is 10.4. The normalized spacial score (nSPS) is 26.4. The van der Waals surface area contributed by atoms with Gasteiger partial charge in [-0.15, -0.1) is 0 Å². The van der Waals surface area contributed by atoms with Crippen LogP contribution in [-0.2, 0) is 0 Å². The molecule has 2 fully saturated rings. The molecule has 0 bridgehead atoms. The molecule has 0 nitrogen and oxygen atoms in total. The second-order valence-corrected chi connectivity index (χ2v) is 6.74. The second kappa shape index (κ2) is 5.25. The largest absolute Gasteiger partial charge is 0.161 e. The minimum Gasteiger partial charge on any atom is -0.161 e. The number of thioether (sulfide) groups is 1. The zero-order valence-corrected chi connectivity index (χ0v) is 11.3. The van der Waals surface area contributed by atoms with E-state index in [1.54, 1.807) is 0 Å². The fourth-order valence-electron chi connectivity index (χ4n) is 2.61. The van der Waals surface area contributed by atoms with E-state index in [0.717, 1.165) is 5.92 Å². The van der Waals surface area contributed by atoms with Gasteiger partial charge in [-0.2, -0.15) is 11.8 Å². The summed E-state index contributed by atoms with van der Waals surface area (Å²) in [7, 11) is 0. The van der Waals surface area contributed by atoms with Crippen molar-refractivity contribution in [3.8, 4) is 0 Å². The molecule has 2 saturated carbocycles. The molecule has 0 saturated heterocycles. The average Bonchev–Trinajstić information content (AvgIpc) is 2.62. The highest BCUT2D eigenvalue weighted by molar-refractivity contribution is 9.09. The minimum atomic E-state index is 0.698. The van der Waals surface area contributed by atoms with Crippen molar-refractivity contribution in [1.29, 1.82) is 0 Å². The zero-order chi connectivity index (χ0) is 9.86. The standard InChI is InChI=1S/C12H21BrS/c13-9-12(6-3-7-12)10-14-8-11-4-1-2-5-11/h11H,1-10H2. The third-order valence-electron chi connectivity index (χ3n) is 3.93. The fourth-order valence-corrected chi connectivity index (χ4v) is 5.24. The van der Waals surface area contributed by atoms with Crippen molar-refractivity contribution in [2.75, 3.05) is 16.8 Å². The van der Waals surface area contributed by atoms with Crippen LogP contribution >= 0.6 is 27.7 Å². The molecule has 82 valence electrons. The van der Waals surface area contributed by atoms with Gasteiger partial charge in [-0.1, -0.05) is 35.2 Å². The first kappa shape index (κ1) is 11.3. The Morgan fingerprint density at radius 2 is 1.86 bits per heavy atom. The third-order valence-corrected chi connectivity index (χ3v) is 6.65. The molecule has 2 heteroatoms. The van der Waals surface area contributed by atoms with Crippen LogP contribution in [0.1, 0.15) is 44.9 Å². The second-order valence-electron chi connectivity index (χ2n) is 5.15. The van der Waals surface area contributed by atoms with Gasteiger partial charge < -0.3 is 0 Å². The summed E-state index contributed by atoms with van der Waals surface area (Å²) in [4.78, 5) is 0. The van der Waals surface area contributed by atoms with Crippen LogP contribution in [0.5, 0.6) is 0 Å². The molecule has 0 heterocycles.